The van der Waals surface area contributed by atoms with Crippen molar-refractivity contribution in [3.05, 3.63) is 35.4 Å². The van der Waals surface area contributed by atoms with E-state index in [4.69, 9.17) is 4.42 Å². The number of Topliss-reactive ketones (excluding diaryl/α,β-unsaturated/α-hetero) is 1. The standard InChI is InChI=1S/C12H14N2O2S/c1-8-11(9(2)15)12(17-14-8)13-6-5-10-4-3-7-16-10/h3-4,7,13H,5-6H2,1-2H3. The van der Waals surface area contributed by atoms with Crippen LogP contribution in [0.4, 0.5) is 5.00 Å². The SMILES string of the molecule is CC(=O)c1c(C)nsc1NCCc1ccco1. The third-order valence-electron chi connectivity index (χ3n) is 2.45. The van der Waals surface area contributed by atoms with Gasteiger partial charge in [-0.05, 0) is 37.5 Å². The molecule has 4 nitrogen and oxygen atoms in total. The van der Waals surface area contributed by atoms with Crippen LogP contribution >= 0.6 is 11.5 Å². The second kappa shape index (κ2) is 5.14. The van der Waals surface area contributed by atoms with Gasteiger partial charge in [0.1, 0.15) is 10.8 Å². The Bertz CT molecular complexity index is 503. The summed E-state index contributed by atoms with van der Waals surface area (Å²) < 4.78 is 9.42. The summed E-state index contributed by atoms with van der Waals surface area (Å²) in [6.07, 6.45) is 2.45. The molecule has 90 valence electrons. The molecule has 0 unspecified atom stereocenters. The van der Waals surface area contributed by atoms with Crippen LogP contribution in [0.5, 0.6) is 0 Å². The van der Waals surface area contributed by atoms with Gasteiger partial charge < -0.3 is 9.73 Å². The summed E-state index contributed by atoms with van der Waals surface area (Å²) in [4.78, 5) is 11.4. The maximum absolute atomic E-state index is 11.4. The van der Waals surface area contributed by atoms with Gasteiger partial charge in [-0.3, -0.25) is 4.79 Å². The number of furan rings is 1. The predicted octanol–water partition coefficient (Wildman–Crippen LogP) is 2.90. The number of anilines is 1. The number of hydrogen-bond donors (Lipinski definition) is 1. The summed E-state index contributed by atoms with van der Waals surface area (Å²) in [7, 11) is 0. The Balaban J connectivity index is 1.97. The molecule has 5 heteroatoms. The van der Waals surface area contributed by atoms with Crippen molar-refractivity contribution in [2.75, 3.05) is 11.9 Å². The molecule has 0 aliphatic heterocycles. The zero-order valence-corrected chi connectivity index (χ0v) is 10.6. The summed E-state index contributed by atoms with van der Waals surface area (Å²) in [6.45, 7) is 4.15. The second-order valence-electron chi connectivity index (χ2n) is 3.78. The van der Waals surface area contributed by atoms with Crippen LogP contribution in [0.15, 0.2) is 22.8 Å². The van der Waals surface area contributed by atoms with Gasteiger partial charge in [0.05, 0.1) is 17.5 Å². The molecule has 0 amide bonds. The molecule has 2 heterocycles. The minimum absolute atomic E-state index is 0.0525. The second-order valence-corrected chi connectivity index (χ2v) is 4.56. The van der Waals surface area contributed by atoms with Crippen LogP contribution < -0.4 is 5.32 Å². The molecule has 0 radical (unpaired) electrons. The zero-order chi connectivity index (χ0) is 12.3. The number of carbonyl (C=O) groups excluding carboxylic acids is 1. The Labute approximate surface area is 104 Å². The van der Waals surface area contributed by atoms with Crippen molar-refractivity contribution in [3.8, 4) is 0 Å². The van der Waals surface area contributed by atoms with Crippen molar-refractivity contribution in [1.82, 2.24) is 4.37 Å². The molecule has 0 aliphatic rings. The topological polar surface area (TPSA) is 55.1 Å². The molecule has 1 N–H and O–H groups in total. The molecular formula is C12H14N2O2S. The Morgan fingerprint density at radius 3 is 3.06 bits per heavy atom. The van der Waals surface area contributed by atoms with E-state index >= 15 is 0 Å². The van der Waals surface area contributed by atoms with Gasteiger partial charge in [-0.15, -0.1) is 0 Å². The summed E-state index contributed by atoms with van der Waals surface area (Å²) >= 11 is 1.33. The molecule has 0 aliphatic carbocycles. The molecule has 0 saturated carbocycles. The lowest BCUT2D eigenvalue weighted by atomic mass is 10.2. The van der Waals surface area contributed by atoms with Crippen molar-refractivity contribution >= 4 is 22.3 Å². The van der Waals surface area contributed by atoms with Crippen LogP contribution in [0.25, 0.3) is 0 Å². The summed E-state index contributed by atoms with van der Waals surface area (Å²) in [5, 5.41) is 4.08. The van der Waals surface area contributed by atoms with Gasteiger partial charge in [0, 0.05) is 13.0 Å². The molecule has 17 heavy (non-hydrogen) atoms. The van der Waals surface area contributed by atoms with Crippen molar-refractivity contribution in [3.63, 3.8) is 0 Å². The highest BCUT2D eigenvalue weighted by Crippen LogP contribution is 2.24. The van der Waals surface area contributed by atoms with Crippen LogP contribution in [0, 0.1) is 6.92 Å². The number of aromatic nitrogens is 1. The molecule has 2 rings (SSSR count). The van der Waals surface area contributed by atoms with Gasteiger partial charge in [-0.25, -0.2) is 0 Å². The fraction of sp³-hybridized carbons (Fsp3) is 0.333. The first-order valence-corrected chi connectivity index (χ1v) is 6.19. The first-order chi connectivity index (χ1) is 8.18. The first kappa shape index (κ1) is 11.9. The van der Waals surface area contributed by atoms with E-state index in [1.165, 1.54) is 11.5 Å². The quantitative estimate of drug-likeness (QED) is 0.829. The van der Waals surface area contributed by atoms with Crippen molar-refractivity contribution < 1.29 is 9.21 Å². The van der Waals surface area contributed by atoms with E-state index < -0.39 is 0 Å². The molecule has 0 spiro atoms. The average Bonchev–Trinajstić information content (AvgIpc) is 2.88. The van der Waals surface area contributed by atoms with Crippen LogP contribution in [-0.4, -0.2) is 16.7 Å². The Kier molecular flexibility index (Phi) is 3.58. The molecular weight excluding hydrogens is 236 g/mol. The van der Waals surface area contributed by atoms with E-state index in [9.17, 15) is 4.79 Å². The van der Waals surface area contributed by atoms with Crippen LogP contribution in [0.1, 0.15) is 28.7 Å². The first-order valence-electron chi connectivity index (χ1n) is 5.42. The largest absolute Gasteiger partial charge is 0.469 e. The molecule has 0 atom stereocenters. The van der Waals surface area contributed by atoms with Gasteiger partial charge >= 0.3 is 0 Å². The number of carbonyl (C=O) groups is 1. The molecule has 2 aromatic rings. The smallest absolute Gasteiger partial charge is 0.164 e. The Hall–Kier alpha value is -1.62. The van der Waals surface area contributed by atoms with Crippen molar-refractivity contribution in [1.29, 1.82) is 0 Å². The molecule has 0 saturated heterocycles. The highest BCUT2D eigenvalue weighted by molar-refractivity contribution is 7.10. The predicted molar refractivity (Wildman–Crippen MR) is 67.8 cm³/mol. The lowest BCUT2D eigenvalue weighted by Gasteiger charge is -2.03. The number of nitrogens with one attached hydrogen (secondary N) is 1. The number of hydrogen-bond acceptors (Lipinski definition) is 5. The third kappa shape index (κ3) is 2.74. The van der Waals surface area contributed by atoms with E-state index in [0.29, 0.717) is 5.56 Å². The third-order valence-corrected chi connectivity index (χ3v) is 3.35. The van der Waals surface area contributed by atoms with E-state index in [0.717, 1.165) is 29.4 Å². The average molecular weight is 250 g/mol. The summed E-state index contributed by atoms with van der Waals surface area (Å²) in [5.41, 5.74) is 1.50. The summed E-state index contributed by atoms with van der Waals surface area (Å²) in [6, 6.07) is 3.80. The number of nitrogens with zero attached hydrogens (tertiary/aromatic N) is 1. The Morgan fingerprint density at radius 2 is 2.41 bits per heavy atom. The maximum atomic E-state index is 11.4. The molecule has 0 fully saturated rings. The summed E-state index contributed by atoms with van der Waals surface area (Å²) in [5.74, 6) is 0.986. The van der Waals surface area contributed by atoms with Crippen molar-refractivity contribution in [2.45, 2.75) is 20.3 Å². The van der Waals surface area contributed by atoms with E-state index in [-0.39, 0.29) is 5.78 Å². The lowest BCUT2D eigenvalue weighted by Crippen LogP contribution is -2.06. The van der Waals surface area contributed by atoms with Gasteiger partial charge in [-0.2, -0.15) is 4.37 Å². The highest BCUT2D eigenvalue weighted by atomic mass is 32.1. The fourth-order valence-corrected chi connectivity index (χ4v) is 2.53. The van der Waals surface area contributed by atoms with Gasteiger partial charge in [-0.1, -0.05) is 0 Å². The fourth-order valence-electron chi connectivity index (χ4n) is 1.66. The van der Waals surface area contributed by atoms with E-state index in [1.807, 2.05) is 19.1 Å². The number of rotatable bonds is 5. The van der Waals surface area contributed by atoms with Gasteiger partial charge in [0.15, 0.2) is 5.78 Å². The number of aryl methyl sites for hydroxylation is 1. The van der Waals surface area contributed by atoms with Crippen LogP contribution in [-0.2, 0) is 6.42 Å². The van der Waals surface area contributed by atoms with Gasteiger partial charge in [0.2, 0.25) is 0 Å². The van der Waals surface area contributed by atoms with E-state index in [1.54, 1.807) is 13.2 Å². The minimum Gasteiger partial charge on any atom is -0.469 e. The Morgan fingerprint density at radius 1 is 1.59 bits per heavy atom. The van der Waals surface area contributed by atoms with E-state index in [2.05, 4.69) is 9.69 Å². The highest BCUT2D eigenvalue weighted by Gasteiger charge is 2.14. The van der Waals surface area contributed by atoms with Crippen LogP contribution in [0.2, 0.25) is 0 Å². The van der Waals surface area contributed by atoms with Gasteiger partial charge in [0.25, 0.3) is 0 Å². The molecule has 2 aromatic heterocycles. The maximum Gasteiger partial charge on any atom is 0.164 e. The normalized spacial score (nSPS) is 10.5. The molecule has 0 bridgehead atoms. The zero-order valence-electron chi connectivity index (χ0n) is 9.82. The molecule has 0 aromatic carbocycles. The number of ketones is 1. The lowest BCUT2D eigenvalue weighted by molar-refractivity contribution is 0.101. The van der Waals surface area contributed by atoms with Crippen molar-refractivity contribution in [2.24, 2.45) is 0 Å². The van der Waals surface area contributed by atoms with Crippen LogP contribution in [0.3, 0.4) is 0 Å². The monoisotopic (exact) mass is 250 g/mol. The minimum atomic E-state index is 0.0525.